The zero-order valence-electron chi connectivity index (χ0n) is 12.4. The molecule has 2 aromatic rings. The summed E-state index contributed by atoms with van der Waals surface area (Å²) in [6.07, 6.45) is 3.77. The maximum Gasteiger partial charge on any atom is 0.0454 e. The van der Waals surface area contributed by atoms with Crippen molar-refractivity contribution < 1.29 is 0 Å². The van der Waals surface area contributed by atoms with Crippen LogP contribution in [0.4, 0.5) is 0 Å². The summed E-state index contributed by atoms with van der Waals surface area (Å²) in [5.41, 5.74) is 3.44. The summed E-state index contributed by atoms with van der Waals surface area (Å²) in [6, 6.07) is 10.2. The van der Waals surface area contributed by atoms with Gasteiger partial charge >= 0.3 is 0 Å². The third-order valence-corrected chi connectivity index (χ3v) is 4.33. The van der Waals surface area contributed by atoms with Crippen molar-refractivity contribution in [2.24, 2.45) is 0 Å². The van der Waals surface area contributed by atoms with Crippen LogP contribution in [0.2, 0.25) is 5.02 Å². The standard InChI is InChI=1S/C17H20BrClN2/c1-3-8-20-17(11-16-12(2)5-4-9-21-16)14-10-13(18)6-7-15(14)19/h4-7,9-10,17,20H,3,8,11H2,1-2H3. The van der Waals surface area contributed by atoms with E-state index in [1.54, 1.807) is 0 Å². The molecule has 1 unspecified atom stereocenters. The van der Waals surface area contributed by atoms with Crippen LogP contribution < -0.4 is 5.32 Å². The number of aryl methyl sites for hydroxylation is 1. The van der Waals surface area contributed by atoms with Crippen LogP contribution >= 0.6 is 27.5 Å². The Balaban J connectivity index is 2.30. The normalized spacial score (nSPS) is 12.4. The summed E-state index contributed by atoms with van der Waals surface area (Å²) in [4.78, 5) is 4.51. The molecular weight excluding hydrogens is 348 g/mol. The third kappa shape index (κ3) is 4.53. The van der Waals surface area contributed by atoms with Crippen molar-refractivity contribution in [1.82, 2.24) is 10.3 Å². The summed E-state index contributed by atoms with van der Waals surface area (Å²) >= 11 is 9.93. The molecule has 1 heterocycles. The maximum absolute atomic E-state index is 6.39. The topological polar surface area (TPSA) is 24.9 Å². The van der Waals surface area contributed by atoms with Crippen molar-refractivity contribution >= 4 is 27.5 Å². The number of nitrogens with zero attached hydrogens (tertiary/aromatic N) is 1. The van der Waals surface area contributed by atoms with Gasteiger partial charge in [0.15, 0.2) is 0 Å². The van der Waals surface area contributed by atoms with Gasteiger partial charge in [-0.2, -0.15) is 0 Å². The first-order chi connectivity index (χ1) is 10.1. The number of nitrogens with one attached hydrogen (secondary N) is 1. The Hall–Kier alpha value is -0.900. The van der Waals surface area contributed by atoms with E-state index in [0.29, 0.717) is 0 Å². The quantitative estimate of drug-likeness (QED) is 0.769. The van der Waals surface area contributed by atoms with Crippen LogP contribution in [0.15, 0.2) is 41.0 Å². The molecule has 4 heteroatoms. The number of hydrogen-bond donors (Lipinski definition) is 1. The molecule has 0 saturated heterocycles. The zero-order valence-corrected chi connectivity index (χ0v) is 14.7. The molecule has 0 fully saturated rings. The number of aromatic nitrogens is 1. The minimum atomic E-state index is 0.170. The molecule has 2 rings (SSSR count). The molecule has 0 radical (unpaired) electrons. The second-order valence-electron chi connectivity index (χ2n) is 5.14. The van der Waals surface area contributed by atoms with Gasteiger partial charge in [0.05, 0.1) is 0 Å². The minimum absolute atomic E-state index is 0.170. The molecule has 0 aliphatic carbocycles. The summed E-state index contributed by atoms with van der Waals surface area (Å²) in [5.74, 6) is 0. The van der Waals surface area contributed by atoms with Crippen molar-refractivity contribution in [2.45, 2.75) is 32.7 Å². The molecule has 112 valence electrons. The monoisotopic (exact) mass is 366 g/mol. The number of pyridine rings is 1. The smallest absolute Gasteiger partial charge is 0.0454 e. The Morgan fingerprint density at radius 1 is 1.33 bits per heavy atom. The lowest BCUT2D eigenvalue weighted by molar-refractivity contribution is 0.523. The highest BCUT2D eigenvalue weighted by atomic mass is 79.9. The molecule has 21 heavy (non-hydrogen) atoms. The predicted molar refractivity (Wildman–Crippen MR) is 92.9 cm³/mol. The average Bonchev–Trinajstić information content (AvgIpc) is 2.48. The lowest BCUT2D eigenvalue weighted by Gasteiger charge is -2.21. The highest BCUT2D eigenvalue weighted by Crippen LogP contribution is 2.29. The minimum Gasteiger partial charge on any atom is -0.310 e. The molecule has 0 aliphatic rings. The second-order valence-corrected chi connectivity index (χ2v) is 6.47. The number of benzene rings is 1. The van der Waals surface area contributed by atoms with E-state index in [-0.39, 0.29) is 6.04 Å². The molecule has 2 nitrogen and oxygen atoms in total. The van der Waals surface area contributed by atoms with E-state index in [4.69, 9.17) is 11.6 Å². The summed E-state index contributed by atoms with van der Waals surface area (Å²) in [7, 11) is 0. The van der Waals surface area contributed by atoms with E-state index in [1.165, 1.54) is 5.56 Å². The molecule has 1 N–H and O–H groups in total. The third-order valence-electron chi connectivity index (χ3n) is 3.49. The van der Waals surface area contributed by atoms with Crippen LogP contribution in [-0.2, 0) is 6.42 Å². The fourth-order valence-electron chi connectivity index (χ4n) is 2.32. The summed E-state index contributed by atoms with van der Waals surface area (Å²) in [5, 5.41) is 4.38. The SMILES string of the molecule is CCCNC(Cc1ncccc1C)c1cc(Br)ccc1Cl. The molecule has 0 bridgehead atoms. The zero-order chi connectivity index (χ0) is 15.2. The molecule has 1 atom stereocenters. The Labute approximate surface area is 140 Å². The van der Waals surface area contributed by atoms with Crippen molar-refractivity contribution in [3.8, 4) is 0 Å². The predicted octanol–water partition coefficient (Wildman–Crippen LogP) is 5.09. The van der Waals surface area contributed by atoms with Gasteiger partial charge in [-0.25, -0.2) is 0 Å². The van der Waals surface area contributed by atoms with Crippen molar-refractivity contribution in [3.05, 3.63) is 62.8 Å². The van der Waals surface area contributed by atoms with Gasteiger partial charge in [-0.3, -0.25) is 4.98 Å². The molecule has 1 aromatic heterocycles. The Morgan fingerprint density at radius 2 is 2.14 bits per heavy atom. The summed E-state index contributed by atoms with van der Waals surface area (Å²) in [6.45, 7) is 5.22. The van der Waals surface area contributed by atoms with Gasteiger partial charge in [-0.15, -0.1) is 0 Å². The van der Waals surface area contributed by atoms with Gasteiger partial charge in [-0.05, 0) is 55.3 Å². The average molecular weight is 368 g/mol. The van der Waals surface area contributed by atoms with Crippen molar-refractivity contribution in [2.75, 3.05) is 6.54 Å². The number of rotatable bonds is 6. The number of halogens is 2. The lowest BCUT2D eigenvalue weighted by Crippen LogP contribution is -2.25. The van der Waals surface area contributed by atoms with Gasteiger partial charge in [0, 0.05) is 33.8 Å². The fourth-order valence-corrected chi connectivity index (χ4v) is 2.95. The maximum atomic E-state index is 6.39. The van der Waals surface area contributed by atoms with Crippen LogP contribution in [0.1, 0.15) is 36.2 Å². The Bertz CT molecular complexity index is 601. The van der Waals surface area contributed by atoms with E-state index in [1.807, 2.05) is 24.4 Å². The van der Waals surface area contributed by atoms with E-state index < -0.39 is 0 Å². The Kier molecular flexibility index (Phi) is 6.22. The van der Waals surface area contributed by atoms with Gasteiger partial charge in [0.1, 0.15) is 0 Å². The highest BCUT2D eigenvalue weighted by molar-refractivity contribution is 9.10. The number of hydrogen-bond acceptors (Lipinski definition) is 2. The molecule has 0 spiro atoms. The Morgan fingerprint density at radius 3 is 2.86 bits per heavy atom. The first-order valence-electron chi connectivity index (χ1n) is 7.20. The van der Waals surface area contributed by atoms with Crippen LogP contribution in [0.5, 0.6) is 0 Å². The van der Waals surface area contributed by atoms with Crippen LogP contribution in [0, 0.1) is 6.92 Å². The van der Waals surface area contributed by atoms with Gasteiger partial charge < -0.3 is 5.32 Å². The second kappa shape index (κ2) is 7.92. The molecule has 0 aliphatic heterocycles. The highest BCUT2D eigenvalue weighted by Gasteiger charge is 2.16. The van der Waals surface area contributed by atoms with E-state index >= 15 is 0 Å². The van der Waals surface area contributed by atoms with Crippen LogP contribution in [-0.4, -0.2) is 11.5 Å². The van der Waals surface area contributed by atoms with Gasteiger partial charge in [0.2, 0.25) is 0 Å². The largest absolute Gasteiger partial charge is 0.310 e. The molecule has 0 amide bonds. The van der Waals surface area contributed by atoms with Crippen molar-refractivity contribution in [3.63, 3.8) is 0 Å². The van der Waals surface area contributed by atoms with E-state index in [9.17, 15) is 0 Å². The molecular formula is C17H20BrClN2. The van der Waals surface area contributed by atoms with Crippen molar-refractivity contribution in [1.29, 1.82) is 0 Å². The van der Waals surface area contributed by atoms with E-state index in [0.717, 1.165) is 40.1 Å². The summed E-state index contributed by atoms with van der Waals surface area (Å²) < 4.78 is 1.04. The molecule has 0 saturated carbocycles. The van der Waals surface area contributed by atoms with E-state index in [2.05, 4.69) is 52.2 Å². The fraction of sp³-hybridized carbons (Fsp3) is 0.353. The van der Waals surface area contributed by atoms with Crippen LogP contribution in [0.3, 0.4) is 0 Å². The molecule has 1 aromatic carbocycles. The first kappa shape index (κ1) is 16.5. The lowest BCUT2D eigenvalue weighted by atomic mass is 9.99. The first-order valence-corrected chi connectivity index (χ1v) is 8.37. The van der Waals surface area contributed by atoms with Gasteiger partial charge in [-0.1, -0.05) is 40.5 Å². The van der Waals surface area contributed by atoms with Crippen LogP contribution in [0.25, 0.3) is 0 Å². The van der Waals surface area contributed by atoms with Gasteiger partial charge in [0.25, 0.3) is 0 Å².